The molecular formula is C22H22F2N4O. The number of nitrogens with one attached hydrogen (secondary N) is 1. The van der Waals surface area contributed by atoms with E-state index in [0.29, 0.717) is 45.0 Å². The van der Waals surface area contributed by atoms with Crippen LogP contribution in [-0.4, -0.2) is 48.5 Å². The first kappa shape index (κ1) is 19.3. The topological polar surface area (TPSA) is 48.5 Å². The summed E-state index contributed by atoms with van der Waals surface area (Å²) < 4.78 is 28.4. The van der Waals surface area contributed by atoms with E-state index in [0.717, 1.165) is 17.7 Å². The van der Waals surface area contributed by atoms with Crippen molar-refractivity contribution >= 4 is 22.5 Å². The fourth-order valence-corrected chi connectivity index (χ4v) is 3.64. The molecule has 150 valence electrons. The van der Waals surface area contributed by atoms with Crippen LogP contribution in [0.1, 0.15) is 5.56 Å². The van der Waals surface area contributed by atoms with Gasteiger partial charge in [0.25, 0.3) is 0 Å². The number of carbonyl (C=O) groups excluding carboxylic acids is 1. The second kappa shape index (κ2) is 8.53. The van der Waals surface area contributed by atoms with E-state index in [9.17, 15) is 13.6 Å². The molecule has 2 aromatic carbocycles. The van der Waals surface area contributed by atoms with Gasteiger partial charge in [0.05, 0.1) is 17.6 Å². The zero-order chi connectivity index (χ0) is 20.2. The van der Waals surface area contributed by atoms with E-state index in [1.165, 1.54) is 6.20 Å². The minimum atomic E-state index is -0.531. The van der Waals surface area contributed by atoms with Crippen LogP contribution in [0.15, 0.2) is 54.7 Å². The number of nitrogens with zero attached hydrogens (tertiary/aromatic N) is 3. The lowest BCUT2D eigenvalue weighted by molar-refractivity contribution is -0.122. The van der Waals surface area contributed by atoms with Gasteiger partial charge >= 0.3 is 0 Å². The molecule has 29 heavy (non-hydrogen) atoms. The highest BCUT2D eigenvalue weighted by Gasteiger charge is 2.22. The summed E-state index contributed by atoms with van der Waals surface area (Å²) >= 11 is 0. The normalized spacial score (nSPS) is 14.9. The van der Waals surface area contributed by atoms with Crippen molar-refractivity contribution in [1.29, 1.82) is 0 Å². The molecule has 1 fully saturated rings. The molecule has 3 aromatic rings. The number of pyridine rings is 1. The molecule has 1 saturated heterocycles. The number of halogens is 2. The van der Waals surface area contributed by atoms with Crippen LogP contribution >= 0.6 is 0 Å². The van der Waals surface area contributed by atoms with Crippen LogP contribution in [-0.2, 0) is 11.3 Å². The summed E-state index contributed by atoms with van der Waals surface area (Å²) in [6.45, 7) is 3.41. The summed E-state index contributed by atoms with van der Waals surface area (Å²) in [5.41, 5.74) is 1.75. The van der Waals surface area contributed by atoms with Gasteiger partial charge in [-0.05, 0) is 23.8 Å². The van der Waals surface area contributed by atoms with Crippen LogP contribution in [0.25, 0.3) is 10.9 Å². The smallest absolute Gasteiger partial charge is 0.234 e. The summed E-state index contributed by atoms with van der Waals surface area (Å²) in [7, 11) is 0. The Morgan fingerprint density at radius 3 is 2.45 bits per heavy atom. The van der Waals surface area contributed by atoms with Crippen molar-refractivity contribution in [2.45, 2.75) is 6.54 Å². The van der Waals surface area contributed by atoms with Crippen molar-refractivity contribution < 1.29 is 13.6 Å². The molecule has 5 nitrogen and oxygen atoms in total. The van der Waals surface area contributed by atoms with E-state index >= 15 is 0 Å². The number of amides is 1. The standard InChI is InChI=1S/C22H22F2N4O/c23-17-6-7-18(24)22-21(17)19(8-9-25-22)28-12-10-27(11-13-28)15-20(29)26-14-16-4-2-1-3-5-16/h1-9H,10-15H2,(H,26,29). The van der Waals surface area contributed by atoms with Crippen LogP contribution in [0.2, 0.25) is 0 Å². The predicted octanol–water partition coefficient (Wildman–Crippen LogP) is 2.95. The fourth-order valence-electron chi connectivity index (χ4n) is 3.64. The van der Waals surface area contributed by atoms with E-state index in [4.69, 9.17) is 0 Å². The number of aromatic nitrogens is 1. The van der Waals surface area contributed by atoms with Crippen molar-refractivity contribution in [3.05, 3.63) is 71.9 Å². The number of hydrogen-bond acceptors (Lipinski definition) is 4. The molecule has 2 heterocycles. The summed E-state index contributed by atoms with van der Waals surface area (Å²) in [4.78, 5) is 20.3. The third-order valence-electron chi connectivity index (χ3n) is 5.18. The minimum absolute atomic E-state index is 0.0234. The molecule has 1 amide bonds. The van der Waals surface area contributed by atoms with Crippen LogP contribution < -0.4 is 10.2 Å². The van der Waals surface area contributed by atoms with E-state index < -0.39 is 11.6 Å². The number of rotatable bonds is 5. The highest BCUT2D eigenvalue weighted by molar-refractivity contribution is 5.92. The first-order valence-electron chi connectivity index (χ1n) is 9.62. The average Bonchev–Trinajstić information content (AvgIpc) is 2.76. The predicted molar refractivity (Wildman–Crippen MR) is 109 cm³/mol. The number of piperazine rings is 1. The molecule has 0 spiro atoms. The van der Waals surface area contributed by atoms with E-state index in [2.05, 4.69) is 15.2 Å². The number of benzene rings is 2. The highest BCUT2D eigenvalue weighted by Crippen LogP contribution is 2.30. The molecule has 0 bridgehead atoms. The lowest BCUT2D eigenvalue weighted by Crippen LogP contribution is -2.49. The maximum absolute atomic E-state index is 14.4. The number of anilines is 1. The minimum Gasteiger partial charge on any atom is -0.368 e. The maximum Gasteiger partial charge on any atom is 0.234 e. The van der Waals surface area contributed by atoms with Gasteiger partial charge in [0.1, 0.15) is 17.2 Å². The maximum atomic E-state index is 14.4. The summed E-state index contributed by atoms with van der Waals surface area (Å²) in [6, 6.07) is 13.7. The largest absolute Gasteiger partial charge is 0.368 e. The molecule has 1 N–H and O–H groups in total. The number of hydrogen-bond donors (Lipinski definition) is 1. The third kappa shape index (κ3) is 4.35. The van der Waals surface area contributed by atoms with Gasteiger partial charge in [0, 0.05) is 38.9 Å². The van der Waals surface area contributed by atoms with E-state index in [1.807, 2.05) is 35.2 Å². The Morgan fingerprint density at radius 2 is 1.69 bits per heavy atom. The van der Waals surface area contributed by atoms with Gasteiger partial charge in [0.15, 0.2) is 0 Å². The van der Waals surface area contributed by atoms with E-state index in [1.54, 1.807) is 6.07 Å². The lowest BCUT2D eigenvalue weighted by Gasteiger charge is -2.36. The van der Waals surface area contributed by atoms with Crippen molar-refractivity contribution in [1.82, 2.24) is 15.2 Å². The lowest BCUT2D eigenvalue weighted by atomic mass is 10.1. The number of carbonyl (C=O) groups is 1. The Kier molecular flexibility index (Phi) is 5.67. The van der Waals surface area contributed by atoms with Gasteiger partial charge in [-0.2, -0.15) is 0 Å². The molecule has 1 aliphatic rings. The van der Waals surface area contributed by atoms with Crippen molar-refractivity contribution in [2.75, 3.05) is 37.6 Å². The highest BCUT2D eigenvalue weighted by atomic mass is 19.1. The zero-order valence-corrected chi connectivity index (χ0v) is 15.9. The van der Waals surface area contributed by atoms with Crippen molar-refractivity contribution in [2.24, 2.45) is 0 Å². The van der Waals surface area contributed by atoms with Crippen LogP contribution in [0.3, 0.4) is 0 Å². The molecule has 1 aliphatic heterocycles. The van der Waals surface area contributed by atoms with Gasteiger partial charge in [0.2, 0.25) is 5.91 Å². The van der Waals surface area contributed by atoms with Crippen molar-refractivity contribution in [3.8, 4) is 0 Å². The van der Waals surface area contributed by atoms with Gasteiger partial charge in [-0.3, -0.25) is 14.7 Å². The monoisotopic (exact) mass is 396 g/mol. The quantitative estimate of drug-likeness (QED) is 0.721. The van der Waals surface area contributed by atoms with Gasteiger partial charge < -0.3 is 10.2 Å². The summed E-state index contributed by atoms with van der Waals surface area (Å²) in [5.74, 6) is -1.03. The van der Waals surface area contributed by atoms with Crippen LogP contribution in [0, 0.1) is 11.6 Å². The Morgan fingerprint density at radius 1 is 0.966 bits per heavy atom. The van der Waals surface area contributed by atoms with E-state index in [-0.39, 0.29) is 16.8 Å². The van der Waals surface area contributed by atoms with Crippen molar-refractivity contribution in [3.63, 3.8) is 0 Å². The van der Waals surface area contributed by atoms with Gasteiger partial charge in [-0.15, -0.1) is 0 Å². The SMILES string of the molecule is O=C(CN1CCN(c2ccnc3c(F)ccc(F)c23)CC1)NCc1ccccc1. The molecule has 1 aromatic heterocycles. The van der Waals surface area contributed by atoms with Gasteiger partial charge in [-0.1, -0.05) is 30.3 Å². The molecule has 0 aliphatic carbocycles. The Balaban J connectivity index is 1.36. The molecule has 0 unspecified atom stereocenters. The van der Waals surface area contributed by atoms with Gasteiger partial charge in [-0.25, -0.2) is 8.78 Å². The molecule has 0 atom stereocenters. The zero-order valence-electron chi connectivity index (χ0n) is 15.9. The Bertz CT molecular complexity index is 1000. The summed E-state index contributed by atoms with van der Waals surface area (Å²) in [5, 5.41) is 3.14. The summed E-state index contributed by atoms with van der Waals surface area (Å²) in [6.07, 6.45) is 1.50. The molecule has 4 rings (SSSR count). The third-order valence-corrected chi connectivity index (χ3v) is 5.18. The second-order valence-electron chi connectivity index (χ2n) is 7.11. The van der Waals surface area contributed by atoms with Crippen LogP contribution in [0.4, 0.5) is 14.5 Å². The first-order valence-corrected chi connectivity index (χ1v) is 9.62. The first-order chi connectivity index (χ1) is 14.1. The second-order valence-corrected chi connectivity index (χ2v) is 7.11. The Hall–Kier alpha value is -3.06. The molecule has 7 heteroatoms. The number of fused-ring (bicyclic) bond motifs is 1. The Labute approximate surface area is 168 Å². The molecule has 0 saturated carbocycles. The molecule has 0 radical (unpaired) electrons. The fraction of sp³-hybridized carbons (Fsp3) is 0.273. The molecular weight excluding hydrogens is 374 g/mol. The van der Waals surface area contributed by atoms with Crippen LogP contribution in [0.5, 0.6) is 0 Å². The average molecular weight is 396 g/mol.